The van der Waals surface area contributed by atoms with E-state index in [2.05, 4.69) is 10.1 Å². The molecule has 0 aliphatic carbocycles. The molecule has 1 fully saturated rings. The van der Waals surface area contributed by atoms with Gasteiger partial charge in [-0.1, -0.05) is 6.92 Å². The molecule has 1 aliphatic rings. The van der Waals surface area contributed by atoms with Crippen LogP contribution in [0, 0.1) is 0 Å². The zero-order chi connectivity index (χ0) is 14.6. The summed E-state index contributed by atoms with van der Waals surface area (Å²) < 4.78 is 31.7. The van der Waals surface area contributed by atoms with Crippen LogP contribution in [0.2, 0.25) is 0 Å². The molecule has 0 bridgehead atoms. The average molecular weight is 302 g/mol. The predicted octanol–water partition coefficient (Wildman–Crippen LogP) is -0.340. The lowest BCUT2D eigenvalue weighted by Crippen LogP contribution is -2.48. The minimum atomic E-state index is -3.51. The number of aryl methyl sites for hydroxylation is 1. The summed E-state index contributed by atoms with van der Waals surface area (Å²) in [4.78, 5) is 2.89. The minimum absolute atomic E-state index is 0.291. The van der Waals surface area contributed by atoms with Gasteiger partial charge in [0.2, 0.25) is 0 Å². The molecule has 0 radical (unpaired) electrons. The fraction of sp³-hybridized carbons (Fsp3) is 0.667. The number of rotatable bonds is 6. The molecule has 1 aliphatic heterocycles. The standard InChI is InChI=1S/C12H22N4O3S/c1-3-13-9-11-8-12(10-15(11)2)20(17,18)14-16-4-6-19-7-5-16/h8,10,13-14H,3-7,9H2,1-2H3. The summed E-state index contributed by atoms with van der Waals surface area (Å²) in [5.74, 6) is 0. The molecule has 0 atom stereocenters. The van der Waals surface area contributed by atoms with E-state index < -0.39 is 10.0 Å². The van der Waals surface area contributed by atoms with Crippen LogP contribution >= 0.6 is 0 Å². The molecule has 8 heteroatoms. The minimum Gasteiger partial charge on any atom is -0.379 e. The number of ether oxygens (including phenoxy) is 1. The van der Waals surface area contributed by atoms with Crippen LogP contribution in [0.3, 0.4) is 0 Å². The molecule has 0 aromatic carbocycles. The van der Waals surface area contributed by atoms with E-state index in [1.807, 2.05) is 18.5 Å². The first kappa shape index (κ1) is 15.5. The maximum atomic E-state index is 12.3. The van der Waals surface area contributed by atoms with E-state index >= 15 is 0 Å². The van der Waals surface area contributed by atoms with Crippen molar-refractivity contribution < 1.29 is 13.2 Å². The molecule has 114 valence electrons. The predicted molar refractivity (Wildman–Crippen MR) is 75.5 cm³/mol. The number of morpholine rings is 1. The van der Waals surface area contributed by atoms with E-state index in [1.54, 1.807) is 17.3 Å². The Morgan fingerprint density at radius 2 is 2.05 bits per heavy atom. The normalized spacial score (nSPS) is 17.5. The Balaban J connectivity index is 2.08. The molecule has 0 spiro atoms. The Morgan fingerprint density at radius 3 is 2.70 bits per heavy atom. The third-order valence-corrected chi connectivity index (χ3v) is 4.55. The highest BCUT2D eigenvalue weighted by Gasteiger charge is 2.22. The van der Waals surface area contributed by atoms with Crippen LogP contribution < -0.4 is 10.1 Å². The Labute approximate surface area is 119 Å². The number of hydrogen-bond donors (Lipinski definition) is 2. The highest BCUT2D eigenvalue weighted by atomic mass is 32.2. The summed E-state index contributed by atoms with van der Waals surface area (Å²) in [7, 11) is -1.67. The van der Waals surface area contributed by atoms with Crippen molar-refractivity contribution in [1.82, 2.24) is 19.7 Å². The average Bonchev–Trinajstić information content (AvgIpc) is 2.79. The highest BCUT2D eigenvalue weighted by Crippen LogP contribution is 2.14. The van der Waals surface area contributed by atoms with Gasteiger partial charge in [0.25, 0.3) is 10.0 Å². The molecule has 0 saturated carbocycles. The van der Waals surface area contributed by atoms with E-state index in [-0.39, 0.29) is 0 Å². The van der Waals surface area contributed by atoms with Crippen molar-refractivity contribution in [2.24, 2.45) is 7.05 Å². The van der Waals surface area contributed by atoms with Gasteiger partial charge in [0.05, 0.1) is 13.2 Å². The third kappa shape index (κ3) is 3.80. The smallest absolute Gasteiger partial charge is 0.254 e. The van der Waals surface area contributed by atoms with Gasteiger partial charge in [-0.3, -0.25) is 0 Å². The van der Waals surface area contributed by atoms with Gasteiger partial charge in [-0.25, -0.2) is 13.4 Å². The topological polar surface area (TPSA) is 75.6 Å². The van der Waals surface area contributed by atoms with Crippen molar-refractivity contribution in [3.8, 4) is 0 Å². The Kier molecular flexibility index (Phi) is 5.17. The van der Waals surface area contributed by atoms with E-state index in [0.29, 0.717) is 37.7 Å². The van der Waals surface area contributed by atoms with Crippen molar-refractivity contribution in [1.29, 1.82) is 0 Å². The fourth-order valence-electron chi connectivity index (χ4n) is 2.03. The van der Waals surface area contributed by atoms with Crippen molar-refractivity contribution in [3.05, 3.63) is 18.0 Å². The second kappa shape index (κ2) is 6.68. The van der Waals surface area contributed by atoms with Crippen LogP contribution in [0.25, 0.3) is 0 Å². The monoisotopic (exact) mass is 302 g/mol. The van der Waals surface area contributed by atoms with Gasteiger partial charge in [-0.05, 0) is 12.6 Å². The third-order valence-electron chi connectivity index (χ3n) is 3.21. The van der Waals surface area contributed by atoms with Crippen molar-refractivity contribution in [2.75, 3.05) is 32.8 Å². The summed E-state index contributed by atoms with van der Waals surface area (Å²) in [6, 6.07) is 1.70. The summed E-state index contributed by atoms with van der Waals surface area (Å²) in [6.45, 7) is 5.73. The highest BCUT2D eigenvalue weighted by molar-refractivity contribution is 7.89. The molecule has 2 rings (SSSR count). The van der Waals surface area contributed by atoms with Crippen LogP contribution in [0.5, 0.6) is 0 Å². The number of hydrogen-bond acceptors (Lipinski definition) is 5. The first-order chi connectivity index (χ1) is 9.53. The van der Waals surface area contributed by atoms with Gasteiger partial charge in [-0.15, -0.1) is 4.83 Å². The van der Waals surface area contributed by atoms with E-state index in [1.165, 1.54) is 0 Å². The molecule has 1 aromatic rings. The molecule has 1 aromatic heterocycles. The number of nitrogens with one attached hydrogen (secondary N) is 2. The second-order valence-corrected chi connectivity index (χ2v) is 6.41. The summed E-state index contributed by atoms with van der Waals surface area (Å²) in [5, 5.41) is 4.86. The first-order valence-corrected chi connectivity index (χ1v) is 8.22. The van der Waals surface area contributed by atoms with Crippen LogP contribution in [-0.2, 0) is 28.4 Å². The molecule has 2 N–H and O–H groups in total. The number of hydrazine groups is 1. The van der Waals surface area contributed by atoms with E-state index in [9.17, 15) is 8.42 Å². The largest absolute Gasteiger partial charge is 0.379 e. The van der Waals surface area contributed by atoms with Gasteiger partial charge >= 0.3 is 0 Å². The second-order valence-electron chi connectivity index (χ2n) is 4.75. The molecule has 20 heavy (non-hydrogen) atoms. The molecule has 0 unspecified atom stereocenters. The Bertz CT molecular complexity index is 535. The number of aromatic nitrogens is 1. The lowest BCUT2D eigenvalue weighted by Gasteiger charge is -2.26. The van der Waals surface area contributed by atoms with Crippen LogP contribution in [0.4, 0.5) is 0 Å². The fourth-order valence-corrected chi connectivity index (χ4v) is 3.25. The van der Waals surface area contributed by atoms with E-state index in [4.69, 9.17) is 4.74 Å². The Morgan fingerprint density at radius 1 is 1.35 bits per heavy atom. The quantitative estimate of drug-likeness (QED) is 0.752. The van der Waals surface area contributed by atoms with Gasteiger partial charge < -0.3 is 14.6 Å². The molecule has 0 amide bonds. The lowest BCUT2D eigenvalue weighted by molar-refractivity contribution is 0.0272. The molecular weight excluding hydrogens is 280 g/mol. The van der Waals surface area contributed by atoms with Crippen LogP contribution in [0.15, 0.2) is 17.2 Å². The zero-order valence-corrected chi connectivity index (χ0v) is 12.7. The SMILES string of the molecule is CCNCc1cc(S(=O)(=O)NN2CCOCC2)cn1C. The van der Waals surface area contributed by atoms with E-state index in [0.717, 1.165) is 12.2 Å². The van der Waals surface area contributed by atoms with Crippen molar-refractivity contribution in [3.63, 3.8) is 0 Å². The summed E-state index contributed by atoms with van der Waals surface area (Å²) in [5.41, 5.74) is 0.939. The van der Waals surface area contributed by atoms with Gasteiger partial charge in [0.1, 0.15) is 4.90 Å². The number of nitrogens with zero attached hydrogens (tertiary/aromatic N) is 2. The van der Waals surface area contributed by atoms with Gasteiger partial charge in [-0.2, -0.15) is 0 Å². The van der Waals surface area contributed by atoms with Crippen molar-refractivity contribution >= 4 is 10.0 Å². The lowest BCUT2D eigenvalue weighted by atomic mass is 10.4. The molecule has 2 heterocycles. The molecular formula is C12H22N4O3S. The van der Waals surface area contributed by atoms with Gasteiger partial charge in [0, 0.05) is 38.6 Å². The van der Waals surface area contributed by atoms with Gasteiger partial charge in [0.15, 0.2) is 0 Å². The summed E-state index contributed by atoms with van der Waals surface area (Å²) >= 11 is 0. The maximum Gasteiger partial charge on any atom is 0.254 e. The van der Waals surface area contributed by atoms with Crippen molar-refractivity contribution in [2.45, 2.75) is 18.4 Å². The first-order valence-electron chi connectivity index (χ1n) is 6.74. The van der Waals surface area contributed by atoms with Crippen LogP contribution in [0.1, 0.15) is 12.6 Å². The summed E-state index contributed by atoms with van der Waals surface area (Å²) in [6.07, 6.45) is 1.63. The van der Waals surface area contributed by atoms with Crippen LogP contribution in [-0.4, -0.2) is 50.8 Å². The number of sulfonamides is 1. The molecule has 7 nitrogen and oxygen atoms in total. The molecule has 1 saturated heterocycles. The zero-order valence-electron chi connectivity index (χ0n) is 11.9. The Hall–Kier alpha value is -0.930. The maximum absolute atomic E-state index is 12.3.